The molecule has 3 aliphatic heterocycles. The van der Waals surface area contributed by atoms with Crippen molar-refractivity contribution in [3.63, 3.8) is 0 Å². The van der Waals surface area contributed by atoms with Gasteiger partial charge in [0.25, 0.3) is 5.91 Å². The van der Waals surface area contributed by atoms with E-state index in [1.807, 2.05) is 30.4 Å². The van der Waals surface area contributed by atoms with Crippen molar-refractivity contribution in [1.29, 1.82) is 0 Å². The Morgan fingerprint density at radius 3 is 2.29 bits per heavy atom. The van der Waals surface area contributed by atoms with Crippen LogP contribution in [-0.2, 0) is 17.6 Å². The summed E-state index contributed by atoms with van der Waals surface area (Å²) in [5, 5.41) is 0. The molecule has 0 bridgehead atoms. The van der Waals surface area contributed by atoms with Crippen LogP contribution in [0.15, 0.2) is 53.5 Å². The van der Waals surface area contributed by atoms with Gasteiger partial charge in [0.1, 0.15) is 4.32 Å². The lowest BCUT2D eigenvalue weighted by Crippen LogP contribution is -2.34. The fraction of sp³-hybridized carbons (Fsp3) is 0.304. The molecule has 28 heavy (non-hydrogen) atoms. The minimum absolute atomic E-state index is 0.0292. The van der Waals surface area contributed by atoms with Crippen molar-refractivity contribution in [2.24, 2.45) is 0 Å². The van der Waals surface area contributed by atoms with Crippen LogP contribution in [0.4, 0.5) is 5.69 Å². The van der Waals surface area contributed by atoms with Gasteiger partial charge in [0.15, 0.2) is 0 Å². The van der Waals surface area contributed by atoms with Crippen LogP contribution in [0.5, 0.6) is 0 Å². The topological polar surface area (TPSA) is 23.6 Å². The SMILES string of the molecule is CN1C(=O)\C(=C/C=C/C=C/C=C/c2cc3c4c(c2)CCCN4CCC3)SC1=S. The van der Waals surface area contributed by atoms with E-state index >= 15 is 0 Å². The smallest absolute Gasteiger partial charge is 0.265 e. The number of allylic oxidation sites excluding steroid dienone is 6. The average molecular weight is 409 g/mol. The summed E-state index contributed by atoms with van der Waals surface area (Å²) in [5.41, 5.74) is 5.84. The van der Waals surface area contributed by atoms with Gasteiger partial charge in [-0.3, -0.25) is 9.69 Å². The Morgan fingerprint density at radius 1 is 1.00 bits per heavy atom. The number of nitrogens with zero attached hydrogens (tertiary/aromatic N) is 2. The summed E-state index contributed by atoms with van der Waals surface area (Å²) >= 11 is 6.46. The molecule has 0 radical (unpaired) electrons. The number of thioether (sulfide) groups is 1. The van der Waals surface area contributed by atoms with Crippen LogP contribution >= 0.6 is 24.0 Å². The minimum Gasteiger partial charge on any atom is -0.371 e. The lowest BCUT2D eigenvalue weighted by atomic mass is 9.90. The molecule has 1 amide bonds. The number of thiocarbonyl (C=S) groups is 1. The van der Waals surface area contributed by atoms with Gasteiger partial charge in [-0.15, -0.1) is 0 Å². The lowest BCUT2D eigenvalue weighted by Gasteiger charge is -2.37. The van der Waals surface area contributed by atoms with Gasteiger partial charge in [-0.25, -0.2) is 0 Å². The van der Waals surface area contributed by atoms with Crippen LogP contribution in [0.25, 0.3) is 6.08 Å². The first-order chi connectivity index (χ1) is 13.6. The van der Waals surface area contributed by atoms with Gasteiger partial charge in [-0.05, 0) is 60.6 Å². The van der Waals surface area contributed by atoms with Crippen LogP contribution in [-0.4, -0.2) is 35.3 Å². The monoisotopic (exact) mass is 408 g/mol. The first-order valence-electron chi connectivity index (χ1n) is 9.76. The summed E-state index contributed by atoms with van der Waals surface area (Å²) in [6.45, 7) is 2.43. The zero-order valence-corrected chi connectivity index (χ0v) is 17.7. The number of anilines is 1. The summed E-state index contributed by atoms with van der Waals surface area (Å²) < 4.78 is 0.607. The van der Waals surface area contributed by atoms with Gasteiger partial charge in [0.2, 0.25) is 0 Å². The maximum atomic E-state index is 11.9. The van der Waals surface area contributed by atoms with Crippen LogP contribution in [0.2, 0.25) is 0 Å². The summed E-state index contributed by atoms with van der Waals surface area (Å²) in [4.78, 5) is 16.6. The number of likely N-dealkylation sites (N-methyl/N-ethyl adjacent to an activating group) is 1. The first-order valence-corrected chi connectivity index (χ1v) is 11.0. The maximum Gasteiger partial charge on any atom is 0.265 e. The Hall–Kier alpha value is -2.11. The normalized spacial score (nSPS) is 21.1. The standard InChI is InChI=1S/C23H24N2OS2/c1-24-22(26)20(28-23(24)27)12-6-4-2-3-5-9-17-15-18-10-7-13-25-14-8-11-19(16-17)21(18)25/h2-6,9,12,15-16H,7-8,10-11,13-14H2,1H3/b3-2+,6-4+,9-5+,20-12+. The van der Waals surface area contributed by atoms with Crippen LogP contribution in [0.3, 0.4) is 0 Å². The van der Waals surface area contributed by atoms with Crippen molar-refractivity contribution in [3.05, 3.63) is 70.2 Å². The van der Waals surface area contributed by atoms with Gasteiger partial charge < -0.3 is 4.90 Å². The molecule has 1 aromatic rings. The third-order valence-corrected chi connectivity index (χ3v) is 6.82. The van der Waals surface area contributed by atoms with E-state index in [4.69, 9.17) is 12.2 Å². The second-order valence-corrected chi connectivity index (χ2v) is 8.95. The van der Waals surface area contributed by atoms with E-state index in [1.165, 1.54) is 77.8 Å². The number of amides is 1. The predicted octanol–water partition coefficient (Wildman–Crippen LogP) is 4.89. The summed E-state index contributed by atoms with van der Waals surface area (Å²) in [6.07, 6.45) is 18.8. The van der Waals surface area contributed by atoms with E-state index in [0.29, 0.717) is 9.23 Å². The zero-order valence-electron chi connectivity index (χ0n) is 16.1. The van der Waals surface area contributed by atoms with Gasteiger partial charge in [-0.1, -0.05) is 60.4 Å². The third kappa shape index (κ3) is 4.01. The highest BCUT2D eigenvalue weighted by atomic mass is 32.2. The molecule has 144 valence electrons. The molecule has 0 unspecified atom stereocenters. The summed E-state index contributed by atoms with van der Waals surface area (Å²) in [5.74, 6) is -0.0292. The molecule has 0 spiro atoms. The molecule has 4 rings (SSSR count). The molecule has 0 atom stereocenters. The Balaban J connectivity index is 1.39. The maximum absolute atomic E-state index is 11.9. The second-order valence-electron chi connectivity index (χ2n) is 7.27. The van der Waals surface area contributed by atoms with Gasteiger partial charge >= 0.3 is 0 Å². The Bertz CT molecular complexity index is 896. The van der Waals surface area contributed by atoms with E-state index in [1.54, 1.807) is 7.05 Å². The summed E-state index contributed by atoms with van der Waals surface area (Å²) in [6, 6.07) is 4.70. The van der Waals surface area contributed by atoms with Crippen molar-refractivity contribution in [3.8, 4) is 0 Å². The molecular formula is C23H24N2OS2. The predicted molar refractivity (Wildman–Crippen MR) is 124 cm³/mol. The minimum atomic E-state index is -0.0292. The van der Waals surface area contributed by atoms with Crippen LogP contribution in [0, 0.1) is 0 Å². The highest BCUT2D eigenvalue weighted by Crippen LogP contribution is 2.36. The van der Waals surface area contributed by atoms with Crippen LogP contribution < -0.4 is 4.90 Å². The van der Waals surface area contributed by atoms with Crippen molar-refractivity contribution in [1.82, 2.24) is 4.90 Å². The molecule has 1 saturated heterocycles. The number of hydrogen-bond donors (Lipinski definition) is 0. The number of benzene rings is 1. The number of carbonyl (C=O) groups is 1. The van der Waals surface area contributed by atoms with Crippen molar-refractivity contribution < 1.29 is 4.79 Å². The molecule has 0 N–H and O–H groups in total. The molecule has 1 aromatic carbocycles. The highest BCUT2D eigenvalue weighted by molar-refractivity contribution is 8.26. The lowest BCUT2D eigenvalue weighted by molar-refractivity contribution is -0.121. The van der Waals surface area contributed by atoms with Gasteiger partial charge in [-0.2, -0.15) is 0 Å². The van der Waals surface area contributed by atoms with Gasteiger partial charge in [0.05, 0.1) is 4.91 Å². The first kappa shape index (κ1) is 19.2. The van der Waals surface area contributed by atoms with Gasteiger partial charge in [0, 0.05) is 25.8 Å². The van der Waals surface area contributed by atoms with Crippen molar-refractivity contribution in [2.45, 2.75) is 25.7 Å². The van der Waals surface area contributed by atoms with E-state index in [2.05, 4.69) is 29.2 Å². The highest BCUT2D eigenvalue weighted by Gasteiger charge is 2.28. The van der Waals surface area contributed by atoms with E-state index < -0.39 is 0 Å². The third-order valence-electron chi connectivity index (χ3n) is 5.32. The fourth-order valence-electron chi connectivity index (χ4n) is 3.99. The molecule has 1 fully saturated rings. The molecule has 3 heterocycles. The second kappa shape index (κ2) is 8.50. The Labute approximate surface area is 176 Å². The molecule has 0 aliphatic carbocycles. The molecule has 5 heteroatoms. The zero-order chi connectivity index (χ0) is 19.5. The number of aryl methyl sites for hydroxylation is 2. The molecule has 3 nitrogen and oxygen atoms in total. The number of rotatable bonds is 4. The van der Waals surface area contributed by atoms with Crippen molar-refractivity contribution >= 4 is 46.0 Å². The Kier molecular flexibility index (Phi) is 5.83. The molecule has 0 aromatic heterocycles. The van der Waals surface area contributed by atoms with E-state index in [0.717, 1.165) is 0 Å². The molecule has 3 aliphatic rings. The quantitative estimate of drug-likeness (QED) is 0.402. The fourth-order valence-corrected chi connectivity index (χ4v) is 5.12. The van der Waals surface area contributed by atoms with E-state index in [-0.39, 0.29) is 5.91 Å². The number of hydrogen-bond acceptors (Lipinski definition) is 4. The Morgan fingerprint density at radius 2 is 1.64 bits per heavy atom. The van der Waals surface area contributed by atoms with Crippen molar-refractivity contribution in [2.75, 3.05) is 25.0 Å². The molecular weight excluding hydrogens is 384 g/mol. The molecule has 0 saturated carbocycles. The van der Waals surface area contributed by atoms with E-state index in [9.17, 15) is 4.79 Å². The largest absolute Gasteiger partial charge is 0.371 e. The van der Waals surface area contributed by atoms with Crippen LogP contribution in [0.1, 0.15) is 29.5 Å². The average Bonchev–Trinajstić information content (AvgIpc) is 2.94. The summed E-state index contributed by atoms with van der Waals surface area (Å²) in [7, 11) is 1.71. The number of carbonyl (C=O) groups excluding carboxylic acids is 1.